The third-order valence-corrected chi connectivity index (χ3v) is 6.23. The zero-order valence-electron chi connectivity index (χ0n) is 15.2. The topological polar surface area (TPSA) is 61.5 Å². The van der Waals surface area contributed by atoms with Crippen molar-refractivity contribution in [1.82, 2.24) is 0 Å². The Kier molecular flexibility index (Phi) is 13.6. The second-order valence-electron chi connectivity index (χ2n) is 6.36. The van der Waals surface area contributed by atoms with Gasteiger partial charge in [0, 0.05) is 0 Å². The fraction of sp³-hybridized carbons (Fsp3) is 1.00. The molecule has 4 nitrogen and oxygen atoms in total. The molecule has 0 heterocycles. The quantitative estimate of drug-likeness (QED) is 0.298. The molecule has 0 aliphatic heterocycles. The second kappa shape index (κ2) is 13.5. The third kappa shape index (κ3) is 9.99. The molecular formula is C17H38NO3P. The summed E-state index contributed by atoms with van der Waals surface area (Å²) in [6, 6.07) is 0. The highest BCUT2D eigenvalue weighted by Crippen LogP contribution is 2.48. The Morgan fingerprint density at radius 3 is 1.91 bits per heavy atom. The van der Waals surface area contributed by atoms with Gasteiger partial charge in [0.25, 0.3) is 0 Å². The zero-order valence-corrected chi connectivity index (χ0v) is 16.1. The predicted octanol–water partition coefficient (Wildman–Crippen LogP) is 5.91. The highest BCUT2D eigenvalue weighted by molar-refractivity contribution is 7.53. The average molecular weight is 335 g/mol. The molecule has 0 aromatic carbocycles. The molecule has 0 spiro atoms. The molecule has 0 amide bonds. The summed E-state index contributed by atoms with van der Waals surface area (Å²) in [7, 11) is -3.12. The van der Waals surface area contributed by atoms with E-state index in [0.29, 0.717) is 24.6 Å². The molecule has 2 N–H and O–H groups in total. The normalized spacial score (nSPS) is 17.1. The lowest BCUT2D eigenvalue weighted by Crippen LogP contribution is -2.13. The third-order valence-electron chi connectivity index (χ3n) is 4.57. The van der Waals surface area contributed by atoms with E-state index in [1.54, 1.807) is 0 Å². The van der Waals surface area contributed by atoms with Gasteiger partial charge in [0.05, 0.1) is 12.8 Å². The van der Waals surface area contributed by atoms with E-state index in [-0.39, 0.29) is 0 Å². The van der Waals surface area contributed by atoms with Gasteiger partial charge in [-0.1, -0.05) is 72.6 Å². The molecule has 0 saturated carbocycles. The first-order valence-electron chi connectivity index (χ1n) is 9.17. The summed E-state index contributed by atoms with van der Waals surface area (Å²) >= 11 is 0. The molecule has 3 atom stereocenters. The van der Waals surface area contributed by atoms with Crippen LogP contribution in [0.4, 0.5) is 0 Å². The highest BCUT2D eigenvalue weighted by Gasteiger charge is 2.26. The fourth-order valence-electron chi connectivity index (χ4n) is 2.65. The molecule has 3 unspecified atom stereocenters. The van der Waals surface area contributed by atoms with Crippen molar-refractivity contribution in [2.45, 2.75) is 85.5 Å². The maximum absolute atomic E-state index is 12.6. The standard InChI is InChI=1S/C17H38NO3P/c1-5-9-11-16(7-3)13-14-22(19,21-18)20-15-17(8-4)12-10-6-2/h16-17H,5-15,18H2,1-4H3. The summed E-state index contributed by atoms with van der Waals surface area (Å²) in [6.45, 7) is 9.22. The first kappa shape index (κ1) is 22.1. The van der Waals surface area contributed by atoms with E-state index in [9.17, 15) is 4.57 Å². The van der Waals surface area contributed by atoms with Gasteiger partial charge in [-0.2, -0.15) is 0 Å². The van der Waals surface area contributed by atoms with Crippen molar-refractivity contribution < 1.29 is 13.7 Å². The number of rotatable bonds is 15. The lowest BCUT2D eigenvalue weighted by Gasteiger charge is -2.22. The summed E-state index contributed by atoms with van der Waals surface area (Å²) in [4.78, 5) is 0. The van der Waals surface area contributed by atoms with Gasteiger partial charge in [-0.25, -0.2) is 10.5 Å². The maximum atomic E-state index is 12.6. The van der Waals surface area contributed by atoms with E-state index in [0.717, 1.165) is 25.7 Å². The predicted molar refractivity (Wildman–Crippen MR) is 94.9 cm³/mol. The van der Waals surface area contributed by atoms with E-state index in [4.69, 9.17) is 15.0 Å². The minimum atomic E-state index is -3.12. The molecule has 0 aliphatic carbocycles. The SMILES string of the molecule is CCCCC(CC)CCP(=O)(ON)OCC(CC)CCCC. The van der Waals surface area contributed by atoms with Gasteiger partial charge < -0.3 is 4.52 Å². The van der Waals surface area contributed by atoms with Crippen molar-refractivity contribution in [1.29, 1.82) is 0 Å². The Bertz CT molecular complexity index is 276. The van der Waals surface area contributed by atoms with E-state index in [2.05, 4.69) is 27.7 Å². The van der Waals surface area contributed by atoms with Gasteiger partial charge in [0.2, 0.25) is 0 Å². The Morgan fingerprint density at radius 1 is 0.909 bits per heavy atom. The number of hydrogen-bond acceptors (Lipinski definition) is 4. The van der Waals surface area contributed by atoms with Gasteiger partial charge in [-0.05, 0) is 24.7 Å². The number of hydrogen-bond donors (Lipinski definition) is 1. The molecule has 0 bridgehead atoms. The first-order valence-corrected chi connectivity index (χ1v) is 10.9. The summed E-state index contributed by atoms with van der Waals surface area (Å²) in [5, 5.41) is 0. The molecule has 5 heteroatoms. The van der Waals surface area contributed by atoms with Crippen LogP contribution in [0.15, 0.2) is 0 Å². The Balaban J connectivity index is 4.29. The summed E-state index contributed by atoms with van der Waals surface area (Å²) in [6.07, 6.45) is 10.6. The molecule has 134 valence electrons. The van der Waals surface area contributed by atoms with Crippen LogP contribution >= 0.6 is 7.60 Å². The average Bonchev–Trinajstić information content (AvgIpc) is 2.55. The first-order chi connectivity index (χ1) is 10.5. The van der Waals surface area contributed by atoms with Crippen LogP contribution in [0.3, 0.4) is 0 Å². The molecule has 0 fully saturated rings. The highest BCUT2D eigenvalue weighted by atomic mass is 31.2. The largest absolute Gasteiger partial charge is 0.346 e. The summed E-state index contributed by atoms with van der Waals surface area (Å²) in [5.41, 5.74) is 0. The molecule has 0 aliphatic rings. The van der Waals surface area contributed by atoms with Gasteiger partial charge in [-0.15, -0.1) is 0 Å². The lowest BCUT2D eigenvalue weighted by molar-refractivity contribution is 0.172. The van der Waals surface area contributed by atoms with Gasteiger partial charge in [-0.3, -0.25) is 4.57 Å². The van der Waals surface area contributed by atoms with Crippen LogP contribution in [0, 0.1) is 11.8 Å². The minimum Gasteiger partial charge on any atom is -0.307 e. The molecule has 0 aromatic rings. The smallest absolute Gasteiger partial charge is 0.307 e. The van der Waals surface area contributed by atoms with Crippen molar-refractivity contribution in [3.05, 3.63) is 0 Å². The van der Waals surface area contributed by atoms with Crippen molar-refractivity contribution in [2.24, 2.45) is 17.7 Å². The van der Waals surface area contributed by atoms with Crippen LogP contribution in [0.25, 0.3) is 0 Å². The van der Waals surface area contributed by atoms with E-state index in [1.165, 1.54) is 32.1 Å². The molecule has 0 saturated heterocycles. The Labute approximate surface area is 138 Å². The van der Waals surface area contributed by atoms with Crippen LogP contribution in [0.5, 0.6) is 0 Å². The molecule has 0 radical (unpaired) electrons. The van der Waals surface area contributed by atoms with Crippen LogP contribution in [0.1, 0.15) is 85.5 Å². The van der Waals surface area contributed by atoms with E-state index in [1.807, 2.05) is 0 Å². The summed E-state index contributed by atoms with van der Waals surface area (Å²) < 4.78 is 23.0. The van der Waals surface area contributed by atoms with Gasteiger partial charge in [0.1, 0.15) is 0 Å². The zero-order chi connectivity index (χ0) is 16.8. The van der Waals surface area contributed by atoms with E-state index >= 15 is 0 Å². The molecule has 0 aromatic heterocycles. The number of nitrogens with two attached hydrogens (primary N) is 1. The fourth-order valence-corrected chi connectivity index (χ4v) is 4.07. The maximum Gasteiger partial charge on any atom is 0.346 e. The van der Waals surface area contributed by atoms with Crippen molar-refractivity contribution in [3.63, 3.8) is 0 Å². The number of unbranched alkanes of at least 4 members (excludes halogenated alkanes) is 2. The van der Waals surface area contributed by atoms with Crippen LogP contribution in [-0.4, -0.2) is 12.8 Å². The Hall–Kier alpha value is 0.110. The molecule has 22 heavy (non-hydrogen) atoms. The minimum absolute atomic E-state index is 0.440. The van der Waals surface area contributed by atoms with Crippen molar-refractivity contribution in [3.8, 4) is 0 Å². The van der Waals surface area contributed by atoms with E-state index < -0.39 is 7.60 Å². The van der Waals surface area contributed by atoms with Crippen LogP contribution < -0.4 is 5.90 Å². The second-order valence-corrected chi connectivity index (χ2v) is 8.50. The summed E-state index contributed by atoms with van der Waals surface area (Å²) in [5.74, 6) is 6.32. The lowest BCUT2D eigenvalue weighted by atomic mass is 9.97. The van der Waals surface area contributed by atoms with Crippen molar-refractivity contribution >= 4 is 7.60 Å². The molecule has 0 rings (SSSR count). The van der Waals surface area contributed by atoms with Gasteiger partial charge in [0.15, 0.2) is 0 Å². The van der Waals surface area contributed by atoms with Crippen molar-refractivity contribution in [2.75, 3.05) is 12.8 Å². The Morgan fingerprint density at radius 2 is 1.45 bits per heavy atom. The van der Waals surface area contributed by atoms with Crippen LogP contribution in [0.2, 0.25) is 0 Å². The monoisotopic (exact) mass is 335 g/mol. The molecular weight excluding hydrogens is 297 g/mol. The van der Waals surface area contributed by atoms with Crippen LogP contribution in [-0.2, 0) is 13.7 Å². The van der Waals surface area contributed by atoms with Gasteiger partial charge >= 0.3 is 7.60 Å².